The molecule has 0 unspecified atom stereocenters. The predicted molar refractivity (Wildman–Crippen MR) is 88.8 cm³/mol. The van der Waals surface area contributed by atoms with Gasteiger partial charge in [0.05, 0.1) is 6.20 Å². The van der Waals surface area contributed by atoms with Gasteiger partial charge in [-0.1, -0.05) is 28.1 Å². The van der Waals surface area contributed by atoms with Crippen molar-refractivity contribution in [2.75, 3.05) is 11.8 Å². The number of hydrogen-bond acceptors (Lipinski definition) is 1. The minimum Gasteiger partial charge on any atom is -0.276 e. The van der Waals surface area contributed by atoms with Crippen LogP contribution in [0.15, 0.2) is 41.1 Å². The maximum atomic E-state index is 6.26. The average molecular weight is 376 g/mol. The topological polar surface area (TPSA) is 17.8 Å². The molecule has 0 fully saturated rings. The molecule has 1 aromatic carbocycles. The van der Waals surface area contributed by atoms with E-state index in [2.05, 4.69) is 33.2 Å². The predicted octanol–water partition coefficient (Wildman–Crippen LogP) is 4.53. The SMILES string of the molecule is Cn1cc(CCC(CCl)(CCl)c2cccc(Br)c2)cn1. The van der Waals surface area contributed by atoms with Gasteiger partial charge >= 0.3 is 0 Å². The summed E-state index contributed by atoms with van der Waals surface area (Å²) in [7, 11) is 1.92. The van der Waals surface area contributed by atoms with E-state index in [1.165, 1.54) is 11.1 Å². The van der Waals surface area contributed by atoms with Crippen molar-refractivity contribution in [1.82, 2.24) is 9.78 Å². The van der Waals surface area contributed by atoms with Crippen molar-refractivity contribution in [2.45, 2.75) is 18.3 Å². The van der Waals surface area contributed by atoms with Gasteiger partial charge in [0, 0.05) is 34.9 Å². The summed E-state index contributed by atoms with van der Waals surface area (Å²) in [5.74, 6) is 1.01. The minimum atomic E-state index is -0.206. The first kappa shape index (κ1) is 15.9. The fourth-order valence-electron chi connectivity index (χ4n) is 2.27. The molecule has 1 aromatic heterocycles. The lowest BCUT2D eigenvalue weighted by Gasteiger charge is -2.30. The maximum Gasteiger partial charge on any atom is 0.0521 e. The Hall–Kier alpha value is -0.510. The van der Waals surface area contributed by atoms with E-state index in [4.69, 9.17) is 23.2 Å². The molecule has 0 bridgehead atoms. The zero-order chi connectivity index (χ0) is 14.6. The van der Waals surface area contributed by atoms with Crippen LogP contribution < -0.4 is 0 Å². The first-order chi connectivity index (χ1) is 9.59. The van der Waals surface area contributed by atoms with Crippen molar-refractivity contribution in [3.05, 3.63) is 52.3 Å². The van der Waals surface area contributed by atoms with Crippen LogP contribution in [0.25, 0.3) is 0 Å². The summed E-state index contributed by atoms with van der Waals surface area (Å²) >= 11 is 16.0. The average Bonchev–Trinajstić information content (AvgIpc) is 2.86. The largest absolute Gasteiger partial charge is 0.276 e. The number of nitrogens with zero attached hydrogens (tertiary/aromatic N) is 2. The smallest absolute Gasteiger partial charge is 0.0521 e. The Morgan fingerprint density at radius 2 is 2.05 bits per heavy atom. The van der Waals surface area contributed by atoms with Crippen LogP contribution in [0.5, 0.6) is 0 Å². The van der Waals surface area contributed by atoms with Crippen LogP contribution >= 0.6 is 39.1 Å². The lowest BCUT2D eigenvalue weighted by Crippen LogP contribution is -2.31. The Kier molecular flexibility index (Phi) is 5.53. The highest BCUT2D eigenvalue weighted by Crippen LogP contribution is 2.34. The van der Waals surface area contributed by atoms with Crippen molar-refractivity contribution in [3.8, 4) is 0 Å². The number of aromatic nitrogens is 2. The second-order valence-electron chi connectivity index (χ2n) is 5.08. The summed E-state index contributed by atoms with van der Waals surface area (Å²) in [6, 6.07) is 8.24. The van der Waals surface area contributed by atoms with Gasteiger partial charge < -0.3 is 0 Å². The van der Waals surface area contributed by atoms with E-state index >= 15 is 0 Å². The lowest BCUT2D eigenvalue weighted by molar-refractivity contribution is 0.492. The van der Waals surface area contributed by atoms with E-state index in [0.717, 1.165) is 17.3 Å². The molecule has 5 heteroatoms. The van der Waals surface area contributed by atoms with Crippen molar-refractivity contribution in [1.29, 1.82) is 0 Å². The van der Waals surface area contributed by atoms with Gasteiger partial charge in [-0.2, -0.15) is 5.10 Å². The summed E-state index contributed by atoms with van der Waals surface area (Å²) < 4.78 is 2.87. The third kappa shape index (κ3) is 3.57. The Bertz CT molecular complexity index is 565. The van der Waals surface area contributed by atoms with Gasteiger partial charge in [-0.3, -0.25) is 4.68 Å². The fraction of sp³-hybridized carbons (Fsp3) is 0.400. The maximum absolute atomic E-state index is 6.26. The van der Waals surface area contributed by atoms with E-state index < -0.39 is 0 Å². The van der Waals surface area contributed by atoms with Gasteiger partial charge in [-0.25, -0.2) is 0 Å². The van der Waals surface area contributed by atoms with Crippen molar-refractivity contribution in [2.24, 2.45) is 7.05 Å². The van der Waals surface area contributed by atoms with E-state index in [9.17, 15) is 0 Å². The van der Waals surface area contributed by atoms with E-state index in [-0.39, 0.29) is 5.41 Å². The number of benzene rings is 1. The minimum absolute atomic E-state index is 0.206. The summed E-state index contributed by atoms with van der Waals surface area (Å²) in [6.07, 6.45) is 5.75. The van der Waals surface area contributed by atoms with Crippen LogP contribution in [0.3, 0.4) is 0 Å². The molecule has 0 spiro atoms. The highest BCUT2D eigenvalue weighted by Gasteiger charge is 2.30. The van der Waals surface area contributed by atoms with Gasteiger partial charge in [-0.15, -0.1) is 23.2 Å². The van der Waals surface area contributed by atoms with Crippen LogP contribution in [0.2, 0.25) is 0 Å². The van der Waals surface area contributed by atoms with Gasteiger partial charge in [0.1, 0.15) is 0 Å². The second kappa shape index (κ2) is 6.97. The molecule has 0 aliphatic rings. The molecule has 0 saturated heterocycles. The van der Waals surface area contributed by atoms with Crippen molar-refractivity contribution >= 4 is 39.1 Å². The molecule has 20 heavy (non-hydrogen) atoms. The van der Waals surface area contributed by atoms with Crippen LogP contribution in [-0.2, 0) is 18.9 Å². The Morgan fingerprint density at radius 3 is 2.60 bits per heavy atom. The van der Waals surface area contributed by atoms with Crippen LogP contribution in [-0.4, -0.2) is 21.5 Å². The molecule has 2 aromatic rings. The molecule has 0 radical (unpaired) electrons. The Balaban J connectivity index is 2.20. The third-order valence-electron chi connectivity index (χ3n) is 3.60. The van der Waals surface area contributed by atoms with Crippen molar-refractivity contribution < 1.29 is 0 Å². The van der Waals surface area contributed by atoms with Gasteiger partial charge in [0.2, 0.25) is 0 Å². The third-order valence-corrected chi connectivity index (χ3v) is 5.12. The first-order valence-electron chi connectivity index (χ1n) is 6.45. The normalized spacial score (nSPS) is 11.8. The zero-order valence-electron chi connectivity index (χ0n) is 11.3. The Labute approximate surface area is 138 Å². The van der Waals surface area contributed by atoms with E-state index in [0.29, 0.717) is 11.8 Å². The van der Waals surface area contributed by atoms with Gasteiger partial charge in [-0.05, 0) is 36.1 Å². The lowest BCUT2D eigenvalue weighted by atomic mass is 9.79. The zero-order valence-corrected chi connectivity index (χ0v) is 14.4. The number of hydrogen-bond donors (Lipinski definition) is 0. The number of aryl methyl sites for hydroxylation is 2. The second-order valence-corrected chi connectivity index (χ2v) is 6.53. The number of halogens is 3. The molecule has 0 atom stereocenters. The quantitative estimate of drug-likeness (QED) is 0.678. The molecule has 1 heterocycles. The molecular formula is C15H17BrCl2N2. The van der Waals surface area contributed by atoms with E-state index in [1.807, 2.05) is 36.3 Å². The number of rotatable bonds is 6. The summed E-state index contributed by atoms with van der Waals surface area (Å²) in [4.78, 5) is 0. The van der Waals surface area contributed by atoms with Crippen LogP contribution in [0, 0.1) is 0 Å². The molecule has 0 saturated carbocycles. The molecule has 0 amide bonds. The molecule has 2 nitrogen and oxygen atoms in total. The fourth-order valence-corrected chi connectivity index (χ4v) is 3.53. The van der Waals surface area contributed by atoms with E-state index in [1.54, 1.807) is 0 Å². The standard InChI is InChI=1S/C15H17BrCl2N2/c1-20-9-12(8-19-20)5-6-15(10-17,11-18)13-3-2-4-14(16)7-13/h2-4,7-9H,5-6,10-11H2,1H3. The molecule has 108 valence electrons. The summed E-state index contributed by atoms with van der Waals surface area (Å²) in [5.41, 5.74) is 2.19. The molecule has 0 aliphatic carbocycles. The summed E-state index contributed by atoms with van der Waals surface area (Å²) in [6.45, 7) is 0. The molecule has 0 N–H and O–H groups in total. The summed E-state index contributed by atoms with van der Waals surface area (Å²) in [5, 5.41) is 4.20. The first-order valence-corrected chi connectivity index (χ1v) is 8.31. The van der Waals surface area contributed by atoms with Crippen LogP contribution in [0.1, 0.15) is 17.5 Å². The Morgan fingerprint density at radius 1 is 1.30 bits per heavy atom. The highest BCUT2D eigenvalue weighted by molar-refractivity contribution is 9.10. The highest BCUT2D eigenvalue weighted by atomic mass is 79.9. The van der Waals surface area contributed by atoms with Gasteiger partial charge in [0.25, 0.3) is 0 Å². The monoisotopic (exact) mass is 374 g/mol. The molecule has 2 rings (SSSR count). The van der Waals surface area contributed by atoms with Crippen molar-refractivity contribution in [3.63, 3.8) is 0 Å². The number of alkyl halides is 2. The van der Waals surface area contributed by atoms with Gasteiger partial charge in [0.15, 0.2) is 0 Å². The molecular weight excluding hydrogens is 359 g/mol. The molecule has 0 aliphatic heterocycles. The van der Waals surface area contributed by atoms with Crippen LogP contribution in [0.4, 0.5) is 0 Å².